The third-order valence-electron chi connectivity index (χ3n) is 3.03. The van der Waals surface area contributed by atoms with E-state index in [4.69, 9.17) is 0 Å². The number of carbonyl (C=O) groups is 1. The lowest BCUT2D eigenvalue weighted by Crippen LogP contribution is -2.32. The van der Waals surface area contributed by atoms with E-state index < -0.39 is 9.84 Å². The van der Waals surface area contributed by atoms with Gasteiger partial charge in [0, 0.05) is 13.1 Å². The zero-order chi connectivity index (χ0) is 13.9. The lowest BCUT2D eigenvalue weighted by molar-refractivity contribution is 0.0957. The van der Waals surface area contributed by atoms with Crippen molar-refractivity contribution in [1.82, 2.24) is 15.5 Å². The molecule has 0 saturated carbocycles. The Bertz CT molecular complexity index is 542. The number of nitrogens with one attached hydrogen (secondary N) is 2. The van der Waals surface area contributed by atoms with Gasteiger partial charge in [0.05, 0.1) is 11.5 Å². The Balaban J connectivity index is 1.95. The molecule has 1 aromatic heterocycles. The molecule has 2 heterocycles. The number of anilines is 1. The average Bonchev–Trinajstić information content (AvgIpc) is 2.41. The van der Waals surface area contributed by atoms with Crippen molar-refractivity contribution >= 4 is 21.6 Å². The monoisotopic (exact) mass is 284 g/mol. The first-order valence-corrected chi connectivity index (χ1v) is 7.85. The Morgan fingerprint density at radius 3 is 2.47 bits per heavy atom. The Morgan fingerprint density at radius 1 is 1.26 bits per heavy atom. The molecular formula is C11H16N4O3S. The molecule has 7 nitrogen and oxygen atoms in total. The fourth-order valence-electron chi connectivity index (χ4n) is 1.90. The summed E-state index contributed by atoms with van der Waals surface area (Å²) in [7, 11) is -1.33. The van der Waals surface area contributed by atoms with Gasteiger partial charge in [-0.05, 0) is 25.0 Å². The van der Waals surface area contributed by atoms with E-state index in [2.05, 4.69) is 20.8 Å². The Labute approximate surface area is 111 Å². The summed E-state index contributed by atoms with van der Waals surface area (Å²) < 4.78 is 22.6. The van der Waals surface area contributed by atoms with E-state index in [-0.39, 0.29) is 29.1 Å². The molecule has 0 unspecified atom stereocenters. The van der Waals surface area contributed by atoms with E-state index in [0.717, 1.165) is 0 Å². The summed E-state index contributed by atoms with van der Waals surface area (Å²) >= 11 is 0. The molecule has 1 saturated heterocycles. The number of aromatic nitrogens is 2. The zero-order valence-electron chi connectivity index (χ0n) is 10.6. The summed E-state index contributed by atoms with van der Waals surface area (Å²) in [4.78, 5) is 11.3. The Morgan fingerprint density at radius 2 is 1.95 bits per heavy atom. The highest BCUT2D eigenvalue weighted by atomic mass is 32.2. The predicted octanol–water partition coefficient (Wildman–Crippen LogP) is -0.175. The van der Waals surface area contributed by atoms with Crippen LogP contribution in [0.3, 0.4) is 0 Å². The van der Waals surface area contributed by atoms with E-state index >= 15 is 0 Å². The van der Waals surface area contributed by atoms with Crippen molar-refractivity contribution < 1.29 is 13.2 Å². The highest BCUT2D eigenvalue weighted by molar-refractivity contribution is 7.91. The second-order valence-electron chi connectivity index (χ2n) is 4.45. The number of sulfone groups is 1. The first-order valence-electron chi connectivity index (χ1n) is 6.03. The van der Waals surface area contributed by atoms with E-state index in [1.165, 1.54) is 7.05 Å². The van der Waals surface area contributed by atoms with Crippen LogP contribution in [0.15, 0.2) is 12.1 Å². The van der Waals surface area contributed by atoms with Crippen molar-refractivity contribution in [3.05, 3.63) is 17.8 Å². The molecule has 1 fully saturated rings. The van der Waals surface area contributed by atoms with Gasteiger partial charge in [-0.15, -0.1) is 10.2 Å². The summed E-state index contributed by atoms with van der Waals surface area (Å²) in [5.41, 5.74) is 0.249. The fourth-order valence-corrected chi connectivity index (χ4v) is 3.39. The molecule has 2 N–H and O–H groups in total. The minimum absolute atomic E-state index is 0.0867. The lowest BCUT2D eigenvalue weighted by Gasteiger charge is -2.23. The minimum atomic E-state index is -2.86. The Kier molecular flexibility index (Phi) is 3.98. The smallest absolute Gasteiger partial charge is 0.271 e. The first-order chi connectivity index (χ1) is 9.00. The number of hydrogen-bond acceptors (Lipinski definition) is 6. The second kappa shape index (κ2) is 5.52. The maximum atomic E-state index is 11.3. The van der Waals surface area contributed by atoms with Crippen LogP contribution < -0.4 is 10.6 Å². The fraction of sp³-hybridized carbons (Fsp3) is 0.545. The summed E-state index contributed by atoms with van der Waals surface area (Å²) in [6.45, 7) is 0. The third-order valence-corrected chi connectivity index (χ3v) is 4.75. The molecular weight excluding hydrogens is 268 g/mol. The first kappa shape index (κ1) is 13.7. The number of hydrogen-bond donors (Lipinski definition) is 2. The predicted molar refractivity (Wildman–Crippen MR) is 70.7 cm³/mol. The van der Waals surface area contributed by atoms with E-state index in [1.54, 1.807) is 12.1 Å². The largest absolute Gasteiger partial charge is 0.366 e. The molecule has 1 aliphatic heterocycles. The van der Waals surface area contributed by atoms with Gasteiger partial charge in [0.2, 0.25) is 0 Å². The van der Waals surface area contributed by atoms with Crippen LogP contribution in [0.2, 0.25) is 0 Å². The van der Waals surface area contributed by atoms with Crippen molar-refractivity contribution in [2.24, 2.45) is 0 Å². The van der Waals surface area contributed by atoms with Crippen LogP contribution in [0.25, 0.3) is 0 Å². The molecule has 0 radical (unpaired) electrons. The van der Waals surface area contributed by atoms with Crippen molar-refractivity contribution in [2.45, 2.75) is 18.9 Å². The molecule has 19 heavy (non-hydrogen) atoms. The zero-order valence-corrected chi connectivity index (χ0v) is 11.4. The van der Waals surface area contributed by atoms with Gasteiger partial charge in [0.1, 0.15) is 15.7 Å². The number of amides is 1. The van der Waals surface area contributed by atoms with Crippen LogP contribution >= 0.6 is 0 Å². The minimum Gasteiger partial charge on any atom is -0.366 e. The van der Waals surface area contributed by atoms with E-state index in [9.17, 15) is 13.2 Å². The van der Waals surface area contributed by atoms with E-state index in [1.807, 2.05) is 0 Å². The van der Waals surface area contributed by atoms with Gasteiger partial charge < -0.3 is 10.6 Å². The average molecular weight is 284 g/mol. The molecule has 104 valence electrons. The summed E-state index contributed by atoms with van der Waals surface area (Å²) in [6.07, 6.45) is 1.14. The third kappa shape index (κ3) is 3.63. The molecule has 0 spiro atoms. The molecule has 0 atom stereocenters. The molecule has 0 bridgehead atoms. The summed E-state index contributed by atoms with van der Waals surface area (Å²) in [6, 6.07) is 3.33. The number of nitrogens with zero attached hydrogens (tertiary/aromatic N) is 2. The number of carbonyl (C=O) groups excluding carboxylic acids is 1. The SMILES string of the molecule is CNC(=O)c1ccc(NC2CCS(=O)(=O)CC2)nn1. The van der Waals surface area contributed by atoms with Crippen LogP contribution in [-0.4, -0.2) is 49.1 Å². The molecule has 2 rings (SSSR count). The van der Waals surface area contributed by atoms with Gasteiger partial charge in [-0.2, -0.15) is 0 Å². The van der Waals surface area contributed by atoms with Crippen molar-refractivity contribution in [1.29, 1.82) is 0 Å². The maximum absolute atomic E-state index is 11.3. The molecule has 0 aliphatic carbocycles. The standard InChI is InChI=1S/C11H16N4O3S/c1-12-11(16)9-2-3-10(15-14-9)13-8-4-6-19(17,18)7-5-8/h2-3,8H,4-7H2,1H3,(H,12,16)(H,13,15). The second-order valence-corrected chi connectivity index (χ2v) is 6.76. The van der Waals surface area contributed by atoms with Crippen molar-refractivity contribution in [3.63, 3.8) is 0 Å². The Hall–Kier alpha value is -1.70. The van der Waals surface area contributed by atoms with Crippen LogP contribution in [-0.2, 0) is 9.84 Å². The van der Waals surface area contributed by atoms with Gasteiger partial charge in [-0.1, -0.05) is 0 Å². The molecule has 0 aromatic carbocycles. The van der Waals surface area contributed by atoms with Crippen LogP contribution in [0.4, 0.5) is 5.82 Å². The highest BCUT2D eigenvalue weighted by Gasteiger charge is 2.23. The highest BCUT2D eigenvalue weighted by Crippen LogP contribution is 2.16. The normalized spacial score (nSPS) is 18.8. The molecule has 8 heteroatoms. The quantitative estimate of drug-likeness (QED) is 0.799. The maximum Gasteiger partial charge on any atom is 0.271 e. The van der Waals surface area contributed by atoms with Gasteiger partial charge in [0.25, 0.3) is 5.91 Å². The van der Waals surface area contributed by atoms with Crippen molar-refractivity contribution in [3.8, 4) is 0 Å². The number of rotatable bonds is 3. The summed E-state index contributed by atoms with van der Waals surface area (Å²) in [5, 5.41) is 13.3. The topological polar surface area (TPSA) is 101 Å². The molecule has 1 aliphatic rings. The lowest BCUT2D eigenvalue weighted by atomic mass is 10.1. The van der Waals surface area contributed by atoms with Gasteiger partial charge >= 0.3 is 0 Å². The van der Waals surface area contributed by atoms with Crippen LogP contribution in [0.5, 0.6) is 0 Å². The van der Waals surface area contributed by atoms with Gasteiger partial charge in [-0.3, -0.25) is 4.79 Å². The van der Waals surface area contributed by atoms with E-state index in [0.29, 0.717) is 18.7 Å². The van der Waals surface area contributed by atoms with Crippen LogP contribution in [0, 0.1) is 0 Å². The van der Waals surface area contributed by atoms with Gasteiger partial charge in [-0.25, -0.2) is 8.42 Å². The van der Waals surface area contributed by atoms with Gasteiger partial charge in [0.15, 0.2) is 5.69 Å². The summed E-state index contributed by atoms with van der Waals surface area (Å²) in [5.74, 6) is 0.669. The molecule has 1 amide bonds. The van der Waals surface area contributed by atoms with Crippen molar-refractivity contribution in [2.75, 3.05) is 23.9 Å². The van der Waals surface area contributed by atoms with Crippen LogP contribution in [0.1, 0.15) is 23.3 Å². The molecule has 1 aromatic rings.